The molecule has 1 aliphatic heterocycles. The van der Waals surface area contributed by atoms with Crippen molar-refractivity contribution in [2.75, 3.05) is 0 Å². The Balaban J connectivity index is 0.00000364. The Morgan fingerprint density at radius 3 is 2.04 bits per heavy atom. The fourth-order valence-electron chi connectivity index (χ4n) is 4.20. The Morgan fingerprint density at radius 2 is 1.62 bits per heavy atom. The second-order valence-corrected chi connectivity index (χ2v) is 8.82. The van der Waals surface area contributed by atoms with Crippen LogP contribution in [0.25, 0.3) is 0 Å². The smallest absolute Gasteiger partial charge is 0.217 e. The molecular weight excluding hydrogens is 328 g/mol. The average molecular weight is 365 g/mol. The molecule has 1 amide bonds. The minimum Gasteiger partial charge on any atom is -0.389 e. The lowest BCUT2D eigenvalue weighted by atomic mass is 9.79. The van der Waals surface area contributed by atoms with Crippen molar-refractivity contribution in [3.05, 3.63) is 35.4 Å². The highest BCUT2D eigenvalue weighted by atomic mass is 16.7. The van der Waals surface area contributed by atoms with Gasteiger partial charge in [-0.25, -0.2) is 0 Å². The summed E-state index contributed by atoms with van der Waals surface area (Å²) in [5, 5.41) is 14.8. The maximum atomic E-state index is 11.5. The van der Waals surface area contributed by atoms with E-state index in [1.165, 1.54) is 0 Å². The number of piperidine rings is 1. The van der Waals surface area contributed by atoms with Crippen molar-refractivity contribution in [1.82, 2.24) is 10.4 Å². The number of nitrogens with zero attached hydrogens (tertiary/aromatic N) is 1. The van der Waals surface area contributed by atoms with Gasteiger partial charge in [0, 0.05) is 25.5 Å². The first-order valence-electron chi connectivity index (χ1n) is 9.44. The first-order chi connectivity index (χ1) is 11.9. The molecule has 0 spiro atoms. The Labute approximate surface area is 159 Å². The number of carbonyl (C=O) groups is 1. The highest BCUT2D eigenvalue weighted by molar-refractivity contribution is 5.73. The van der Waals surface area contributed by atoms with Crippen LogP contribution >= 0.6 is 0 Å². The number of hydrogen-bond donors (Lipinski definition) is 2. The molecule has 1 heterocycles. The van der Waals surface area contributed by atoms with Crippen LogP contribution in [0.4, 0.5) is 0 Å². The lowest BCUT2D eigenvalue weighted by Crippen LogP contribution is -2.64. The van der Waals surface area contributed by atoms with Crippen LogP contribution in [0.5, 0.6) is 0 Å². The minimum atomic E-state index is -0.467. The molecular formula is C21H36N2O3. The highest BCUT2D eigenvalue weighted by Gasteiger charge is 2.47. The third kappa shape index (κ3) is 4.84. The number of aliphatic hydroxyl groups is 1. The van der Waals surface area contributed by atoms with Gasteiger partial charge < -0.3 is 10.4 Å². The van der Waals surface area contributed by atoms with Gasteiger partial charge in [0.05, 0.1) is 6.10 Å². The second kappa shape index (κ2) is 7.67. The summed E-state index contributed by atoms with van der Waals surface area (Å²) in [5.74, 6) is 0.0162. The van der Waals surface area contributed by atoms with Gasteiger partial charge in [-0.05, 0) is 65.5 Å². The van der Waals surface area contributed by atoms with Crippen LogP contribution in [0.15, 0.2) is 24.3 Å². The lowest BCUT2D eigenvalue weighted by Gasteiger charge is -2.54. The molecule has 0 radical (unpaired) electrons. The molecule has 1 saturated heterocycles. The fraction of sp³-hybridized carbons (Fsp3) is 0.667. The summed E-state index contributed by atoms with van der Waals surface area (Å²) >= 11 is 0. The molecule has 0 aliphatic carbocycles. The summed E-state index contributed by atoms with van der Waals surface area (Å²) in [4.78, 5) is 17.9. The van der Waals surface area contributed by atoms with Crippen LogP contribution in [0, 0.1) is 0 Å². The maximum absolute atomic E-state index is 11.5. The van der Waals surface area contributed by atoms with E-state index in [2.05, 4.69) is 38.1 Å². The zero-order valence-corrected chi connectivity index (χ0v) is 17.2. The summed E-state index contributed by atoms with van der Waals surface area (Å²) in [7, 11) is 0. The van der Waals surface area contributed by atoms with E-state index in [4.69, 9.17) is 4.84 Å². The molecule has 1 fully saturated rings. The normalized spacial score (nSPS) is 22.6. The topological polar surface area (TPSA) is 61.8 Å². The minimum absolute atomic E-state index is 0. The van der Waals surface area contributed by atoms with E-state index in [0.717, 1.165) is 24.0 Å². The zero-order chi connectivity index (χ0) is 19.7. The van der Waals surface area contributed by atoms with Crippen LogP contribution in [0.1, 0.15) is 86.1 Å². The Hall–Kier alpha value is -1.43. The SMILES string of the molecule is CC(=O)NC1CC(C)(C)N(OC(C)c2ccc(C(C)O)cc2)C(C)(C)C1.[HH]. The van der Waals surface area contributed by atoms with Crippen LogP contribution in [0.3, 0.4) is 0 Å². The molecule has 1 aliphatic rings. The molecule has 2 unspecified atom stereocenters. The number of nitrogens with one attached hydrogen (secondary N) is 1. The summed E-state index contributed by atoms with van der Waals surface area (Å²) < 4.78 is 0. The van der Waals surface area contributed by atoms with Crippen molar-refractivity contribution >= 4 is 5.91 Å². The molecule has 1 aromatic rings. The largest absolute Gasteiger partial charge is 0.389 e. The van der Waals surface area contributed by atoms with Crippen molar-refractivity contribution in [2.24, 2.45) is 0 Å². The van der Waals surface area contributed by atoms with E-state index in [-0.39, 0.29) is 30.6 Å². The van der Waals surface area contributed by atoms with E-state index in [1.807, 2.05) is 31.2 Å². The van der Waals surface area contributed by atoms with Crippen LogP contribution in [0.2, 0.25) is 0 Å². The fourth-order valence-corrected chi connectivity index (χ4v) is 4.20. The van der Waals surface area contributed by atoms with Gasteiger partial charge in [-0.15, -0.1) is 0 Å². The van der Waals surface area contributed by atoms with Crippen molar-refractivity contribution in [2.45, 2.75) is 90.6 Å². The van der Waals surface area contributed by atoms with Crippen molar-refractivity contribution < 1.29 is 16.2 Å². The quantitative estimate of drug-likeness (QED) is 0.824. The first-order valence-corrected chi connectivity index (χ1v) is 9.44. The second-order valence-electron chi connectivity index (χ2n) is 8.82. The molecule has 0 aromatic heterocycles. The third-order valence-electron chi connectivity index (χ3n) is 5.15. The number of rotatable bonds is 5. The van der Waals surface area contributed by atoms with E-state index in [9.17, 15) is 9.90 Å². The molecule has 148 valence electrons. The van der Waals surface area contributed by atoms with E-state index in [0.29, 0.717) is 0 Å². The number of hydrogen-bond acceptors (Lipinski definition) is 4. The van der Waals surface area contributed by atoms with E-state index >= 15 is 0 Å². The van der Waals surface area contributed by atoms with Crippen LogP contribution < -0.4 is 5.32 Å². The lowest BCUT2D eigenvalue weighted by molar-refractivity contribution is -0.306. The molecule has 0 bridgehead atoms. The van der Waals surface area contributed by atoms with E-state index in [1.54, 1.807) is 13.8 Å². The first kappa shape index (κ1) is 20.9. The van der Waals surface area contributed by atoms with Gasteiger partial charge >= 0.3 is 0 Å². The number of amides is 1. The number of benzene rings is 1. The summed E-state index contributed by atoms with van der Waals surface area (Å²) in [5.41, 5.74) is 1.56. The molecule has 2 N–H and O–H groups in total. The summed E-state index contributed by atoms with van der Waals surface area (Å²) in [6.45, 7) is 14.0. The molecule has 26 heavy (non-hydrogen) atoms. The molecule has 0 saturated carbocycles. The van der Waals surface area contributed by atoms with Crippen molar-refractivity contribution in [1.29, 1.82) is 0 Å². The number of aliphatic hydroxyl groups excluding tert-OH is 1. The summed E-state index contributed by atoms with van der Waals surface area (Å²) in [6, 6.07) is 8.06. The molecule has 2 rings (SSSR count). The predicted octanol–water partition coefficient (Wildman–Crippen LogP) is 4.14. The summed E-state index contributed by atoms with van der Waals surface area (Å²) in [6.07, 6.45) is 1.10. The van der Waals surface area contributed by atoms with Crippen LogP contribution in [-0.2, 0) is 9.63 Å². The highest BCUT2D eigenvalue weighted by Crippen LogP contribution is 2.40. The monoisotopic (exact) mass is 364 g/mol. The van der Waals surface area contributed by atoms with Gasteiger partial charge in [0.2, 0.25) is 5.91 Å². The van der Waals surface area contributed by atoms with Gasteiger partial charge in [0.1, 0.15) is 6.10 Å². The number of hydroxylamine groups is 2. The van der Waals surface area contributed by atoms with Gasteiger partial charge in [-0.1, -0.05) is 24.3 Å². The van der Waals surface area contributed by atoms with Gasteiger partial charge in [0.25, 0.3) is 0 Å². The average Bonchev–Trinajstić information content (AvgIpc) is 2.49. The van der Waals surface area contributed by atoms with Gasteiger partial charge in [-0.3, -0.25) is 9.63 Å². The van der Waals surface area contributed by atoms with Gasteiger partial charge in [-0.2, -0.15) is 5.06 Å². The zero-order valence-electron chi connectivity index (χ0n) is 17.2. The number of carbonyl (C=O) groups excluding carboxylic acids is 1. The third-order valence-corrected chi connectivity index (χ3v) is 5.15. The molecule has 2 atom stereocenters. The predicted molar refractivity (Wildman–Crippen MR) is 106 cm³/mol. The van der Waals surface area contributed by atoms with Crippen LogP contribution in [-0.4, -0.2) is 33.2 Å². The molecule has 1 aromatic carbocycles. The Bertz CT molecular complexity index is 611. The molecule has 5 heteroatoms. The van der Waals surface area contributed by atoms with Crippen molar-refractivity contribution in [3.8, 4) is 0 Å². The van der Waals surface area contributed by atoms with Gasteiger partial charge in [0.15, 0.2) is 0 Å². The maximum Gasteiger partial charge on any atom is 0.217 e. The Morgan fingerprint density at radius 1 is 1.15 bits per heavy atom. The Kier molecular flexibility index (Phi) is 6.16. The van der Waals surface area contributed by atoms with Crippen molar-refractivity contribution in [3.63, 3.8) is 0 Å². The standard InChI is InChI=1S/C21H34N2O3.H2/c1-14(24)17-8-10-18(11-9-17)15(2)26-23-20(4,5)12-19(22-16(3)25)13-21(23,6)7;/h8-11,14-15,19,24H,12-13H2,1-7H3,(H,22,25);1H. The van der Waals surface area contributed by atoms with E-state index < -0.39 is 6.10 Å². The molecule has 5 nitrogen and oxygen atoms in total.